The van der Waals surface area contributed by atoms with Gasteiger partial charge in [0.05, 0.1) is 18.9 Å². The fourth-order valence-corrected chi connectivity index (χ4v) is 4.78. The molecule has 3 amide bonds. The number of likely N-dealkylation sites (tertiary alicyclic amines) is 1. The number of nitrogens with one attached hydrogen (secondary N) is 2. The van der Waals surface area contributed by atoms with Gasteiger partial charge in [-0.3, -0.25) is 9.59 Å². The lowest BCUT2D eigenvalue weighted by atomic mass is 9.84. The highest BCUT2D eigenvalue weighted by molar-refractivity contribution is 6.39. The molecule has 1 aliphatic heterocycles. The molecule has 0 spiro atoms. The molecule has 2 aromatic carbocycles. The van der Waals surface area contributed by atoms with Gasteiger partial charge in [-0.2, -0.15) is 0 Å². The number of rotatable bonds is 8. The standard InChI is InChI=1S/C29H34N4O6/c1-29(2,16-20-11-13-33(14-12-20)28(36)38-18-21-7-5-4-6-8-21)32-27(35)26(34)31-22-9-10-23(24(15-22)37-3)25-17-30-19-39-25/h4-10,15,17,19-20H,11-14,16,18H2,1-3H3,(H,31,34)(H,32,35). The summed E-state index contributed by atoms with van der Waals surface area (Å²) >= 11 is 0. The van der Waals surface area contributed by atoms with E-state index in [1.54, 1.807) is 29.3 Å². The zero-order chi connectivity index (χ0) is 27.8. The summed E-state index contributed by atoms with van der Waals surface area (Å²) < 4.78 is 16.2. The molecule has 0 radical (unpaired) electrons. The number of oxazole rings is 1. The van der Waals surface area contributed by atoms with Gasteiger partial charge in [-0.15, -0.1) is 0 Å². The van der Waals surface area contributed by atoms with E-state index in [1.165, 1.54) is 13.5 Å². The van der Waals surface area contributed by atoms with Crippen molar-refractivity contribution in [1.29, 1.82) is 0 Å². The second-order valence-corrected chi connectivity index (χ2v) is 10.2. The normalized spacial score (nSPS) is 14.0. The SMILES string of the molecule is COc1cc(NC(=O)C(=O)NC(C)(C)CC2CCN(C(=O)OCc3ccccc3)CC2)ccc1-c1cnco1. The predicted octanol–water partition coefficient (Wildman–Crippen LogP) is 4.62. The quantitative estimate of drug-likeness (QED) is 0.404. The first-order valence-corrected chi connectivity index (χ1v) is 12.9. The Kier molecular flexibility index (Phi) is 8.85. The van der Waals surface area contributed by atoms with Gasteiger partial charge in [-0.25, -0.2) is 9.78 Å². The van der Waals surface area contributed by atoms with Gasteiger partial charge in [0, 0.05) is 30.4 Å². The number of amides is 3. The van der Waals surface area contributed by atoms with Crippen LogP contribution < -0.4 is 15.4 Å². The van der Waals surface area contributed by atoms with Crippen molar-refractivity contribution >= 4 is 23.6 Å². The summed E-state index contributed by atoms with van der Waals surface area (Å²) in [6, 6.07) is 14.6. The summed E-state index contributed by atoms with van der Waals surface area (Å²) in [6.45, 7) is 5.23. The third-order valence-corrected chi connectivity index (χ3v) is 6.69. The molecule has 206 valence electrons. The molecule has 0 aliphatic carbocycles. The van der Waals surface area contributed by atoms with E-state index in [0.29, 0.717) is 48.2 Å². The minimum Gasteiger partial charge on any atom is -0.496 e. The monoisotopic (exact) mass is 534 g/mol. The first kappa shape index (κ1) is 27.7. The van der Waals surface area contributed by atoms with Crippen molar-refractivity contribution in [1.82, 2.24) is 15.2 Å². The highest BCUT2D eigenvalue weighted by Gasteiger charge is 2.31. The summed E-state index contributed by atoms with van der Waals surface area (Å²) in [6.07, 6.45) is 4.84. The number of hydrogen-bond acceptors (Lipinski definition) is 7. The van der Waals surface area contributed by atoms with E-state index < -0.39 is 17.4 Å². The minimum atomic E-state index is -0.770. The summed E-state index contributed by atoms with van der Waals surface area (Å²) in [5, 5.41) is 5.47. The Labute approximate surface area is 227 Å². The molecule has 3 aromatic rings. The number of nitrogens with zero attached hydrogens (tertiary/aromatic N) is 2. The van der Waals surface area contributed by atoms with Crippen LogP contribution in [-0.4, -0.2) is 53.5 Å². The number of aromatic nitrogens is 1. The molecule has 1 saturated heterocycles. The number of carbonyl (C=O) groups excluding carboxylic acids is 3. The van der Waals surface area contributed by atoms with Crippen LogP contribution in [0, 0.1) is 5.92 Å². The van der Waals surface area contributed by atoms with Crippen LogP contribution in [-0.2, 0) is 20.9 Å². The van der Waals surface area contributed by atoms with Crippen molar-refractivity contribution in [2.45, 2.75) is 45.3 Å². The first-order valence-electron chi connectivity index (χ1n) is 12.9. The minimum absolute atomic E-state index is 0.249. The molecule has 0 bridgehead atoms. The fraction of sp³-hybridized carbons (Fsp3) is 0.379. The Morgan fingerprint density at radius 2 is 1.82 bits per heavy atom. The van der Waals surface area contributed by atoms with Crippen LogP contribution in [0.15, 0.2) is 65.5 Å². The first-order chi connectivity index (χ1) is 18.7. The third-order valence-electron chi connectivity index (χ3n) is 6.69. The molecule has 10 nitrogen and oxygen atoms in total. The van der Waals surface area contributed by atoms with Gasteiger partial charge in [0.2, 0.25) is 0 Å². The van der Waals surface area contributed by atoms with E-state index in [4.69, 9.17) is 13.9 Å². The second kappa shape index (κ2) is 12.5. The summed E-state index contributed by atoms with van der Waals surface area (Å²) in [5.41, 5.74) is 1.43. The zero-order valence-electron chi connectivity index (χ0n) is 22.4. The van der Waals surface area contributed by atoms with Gasteiger partial charge in [-0.05, 0) is 56.7 Å². The van der Waals surface area contributed by atoms with Gasteiger partial charge >= 0.3 is 17.9 Å². The van der Waals surface area contributed by atoms with Crippen molar-refractivity contribution in [3.05, 3.63) is 66.7 Å². The Morgan fingerprint density at radius 1 is 1.08 bits per heavy atom. The Hall–Kier alpha value is -4.34. The molecule has 0 atom stereocenters. The maximum atomic E-state index is 12.7. The van der Waals surface area contributed by atoms with Crippen molar-refractivity contribution in [3.8, 4) is 17.1 Å². The lowest BCUT2D eigenvalue weighted by Gasteiger charge is -2.36. The van der Waals surface area contributed by atoms with Gasteiger partial charge in [0.15, 0.2) is 12.2 Å². The number of benzene rings is 2. The maximum absolute atomic E-state index is 12.7. The van der Waals surface area contributed by atoms with Gasteiger partial charge in [-0.1, -0.05) is 30.3 Å². The van der Waals surface area contributed by atoms with Crippen LogP contribution in [0.2, 0.25) is 0 Å². The van der Waals surface area contributed by atoms with E-state index >= 15 is 0 Å². The molecule has 1 fully saturated rings. The lowest BCUT2D eigenvalue weighted by molar-refractivity contribution is -0.137. The van der Waals surface area contributed by atoms with Crippen LogP contribution >= 0.6 is 0 Å². The van der Waals surface area contributed by atoms with E-state index in [0.717, 1.165) is 18.4 Å². The smallest absolute Gasteiger partial charge is 0.410 e. The van der Waals surface area contributed by atoms with Crippen LogP contribution in [0.25, 0.3) is 11.3 Å². The number of anilines is 1. The van der Waals surface area contributed by atoms with E-state index in [-0.39, 0.29) is 12.7 Å². The maximum Gasteiger partial charge on any atom is 0.410 e. The molecule has 0 unspecified atom stereocenters. The predicted molar refractivity (Wildman–Crippen MR) is 145 cm³/mol. The van der Waals surface area contributed by atoms with E-state index in [2.05, 4.69) is 15.6 Å². The summed E-state index contributed by atoms with van der Waals surface area (Å²) in [5.74, 6) is -0.192. The number of methoxy groups -OCH3 is 1. The fourth-order valence-electron chi connectivity index (χ4n) is 4.78. The number of ether oxygens (including phenoxy) is 2. The van der Waals surface area contributed by atoms with Gasteiger partial charge in [0.1, 0.15) is 12.4 Å². The third kappa shape index (κ3) is 7.59. The average Bonchev–Trinajstić information content (AvgIpc) is 3.47. The van der Waals surface area contributed by atoms with Crippen molar-refractivity contribution in [2.75, 3.05) is 25.5 Å². The van der Waals surface area contributed by atoms with Crippen LogP contribution in [0.1, 0.15) is 38.7 Å². The number of piperidine rings is 1. The summed E-state index contributed by atoms with van der Waals surface area (Å²) in [7, 11) is 1.51. The number of hydrogen-bond donors (Lipinski definition) is 2. The van der Waals surface area contributed by atoms with E-state index in [9.17, 15) is 14.4 Å². The molecule has 10 heteroatoms. The van der Waals surface area contributed by atoms with Crippen LogP contribution in [0.5, 0.6) is 5.75 Å². The van der Waals surface area contributed by atoms with E-state index in [1.807, 2.05) is 44.2 Å². The number of carbonyl (C=O) groups is 3. The Balaban J connectivity index is 1.23. The molecule has 1 aliphatic rings. The largest absolute Gasteiger partial charge is 0.496 e. The molecule has 2 heterocycles. The molecular weight excluding hydrogens is 500 g/mol. The second-order valence-electron chi connectivity index (χ2n) is 10.2. The molecule has 0 saturated carbocycles. The lowest BCUT2D eigenvalue weighted by Crippen LogP contribution is -2.50. The van der Waals surface area contributed by atoms with Crippen molar-refractivity contribution < 1.29 is 28.3 Å². The van der Waals surface area contributed by atoms with Gasteiger partial charge < -0.3 is 29.4 Å². The summed E-state index contributed by atoms with van der Waals surface area (Å²) in [4.78, 5) is 43.4. The topological polar surface area (TPSA) is 123 Å². The van der Waals surface area contributed by atoms with Gasteiger partial charge in [0.25, 0.3) is 0 Å². The molecular formula is C29H34N4O6. The van der Waals surface area contributed by atoms with Crippen molar-refractivity contribution in [3.63, 3.8) is 0 Å². The highest BCUT2D eigenvalue weighted by Crippen LogP contribution is 2.32. The molecule has 4 rings (SSSR count). The average molecular weight is 535 g/mol. The zero-order valence-corrected chi connectivity index (χ0v) is 22.4. The molecule has 1 aromatic heterocycles. The molecule has 2 N–H and O–H groups in total. The Morgan fingerprint density at radius 3 is 2.49 bits per heavy atom. The highest BCUT2D eigenvalue weighted by atomic mass is 16.6. The van der Waals surface area contributed by atoms with Crippen LogP contribution in [0.4, 0.5) is 10.5 Å². The Bertz CT molecular complexity index is 1270. The van der Waals surface area contributed by atoms with Crippen molar-refractivity contribution in [2.24, 2.45) is 5.92 Å². The molecule has 39 heavy (non-hydrogen) atoms. The van der Waals surface area contributed by atoms with Crippen LogP contribution in [0.3, 0.4) is 0 Å².